The summed E-state index contributed by atoms with van der Waals surface area (Å²) in [4.78, 5) is 21.2. The van der Waals surface area contributed by atoms with Gasteiger partial charge >= 0.3 is 0 Å². The van der Waals surface area contributed by atoms with E-state index in [-0.39, 0.29) is 11.8 Å². The summed E-state index contributed by atoms with van der Waals surface area (Å²) < 4.78 is 8.60. The number of rotatable bonds is 6. The molecule has 0 unspecified atom stereocenters. The van der Waals surface area contributed by atoms with Crippen LogP contribution in [0.2, 0.25) is 0 Å². The number of imidazole rings is 1. The van der Waals surface area contributed by atoms with E-state index in [2.05, 4.69) is 31.2 Å². The van der Waals surface area contributed by atoms with Gasteiger partial charge in [-0.05, 0) is 59.0 Å². The van der Waals surface area contributed by atoms with Crippen LogP contribution >= 0.6 is 15.9 Å². The summed E-state index contributed by atoms with van der Waals surface area (Å²) in [7, 11) is 0. The quantitative estimate of drug-likeness (QED) is 0.647. The van der Waals surface area contributed by atoms with Crippen molar-refractivity contribution in [3.63, 3.8) is 0 Å². The first-order chi connectivity index (χ1) is 12.7. The van der Waals surface area contributed by atoms with Crippen molar-refractivity contribution in [2.24, 2.45) is 5.92 Å². The molecule has 26 heavy (non-hydrogen) atoms. The van der Waals surface area contributed by atoms with Crippen molar-refractivity contribution in [3.05, 3.63) is 65.0 Å². The third kappa shape index (κ3) is 3.77. The second kappa shape index (κ2) is 7.29. The Morgan fingerprint density at radius 3 is 2.85 bits per heavy atom. The summed E-state index contributed by atoms with van der Waals surface area (Å²) in [6, 6.07) is 10.8. The van der Waals surface area contributed by atoms with Gasteiger partial charge in [0.1, 0.15) is 11.3 Å². The number of anilines is 1. The number of benzene rings is 1. The number of carbonyl (C=O) groups excluding carboxylic acids is 1. The minimum absolute atomic E-state index is 0.247. The molecule has 132 valence electrons. The first-order valence-corrected chi connectivity index (χ1v) is 9.20. The molecule has 1 saturated carbocycles. The SMILES string of the molecule is O=C(Nc1nccn1CC1CC1)c1cccnc1Oc1ccccc1Br. The summed E-state index contributed by atoms with van der Waals surface area (Å²) in [6.45, 7) is 0.878. The first kappa shape index (κ1) is 16.8. The molecule has 4 rings (SSSR count). The molecule has 1 aromatic carbocycles. The van der Waals surface area contributed by atoms with Gasteiger partial charge in [0.15, 0.2) is 0 Å². The Hall–Kier alpha value is -2.67. The summed E-state index contributed by atoms with van der Waals surface area (Å²) in [5, 5.41) is 2.86. The van der Waals surface area contributed by atoms with Gasteiger partial charge in [0.25, 0.3) is 5.91 Å². The zero-order valence-corrected chi connectivity index (χ0v) is 15.5. The molecule has 3 aromatic rings. The Bertz CT molecular complexity index is 937. The van der Waals surface area contributed by atoms with Crippen molar-refractivity contribution in [1.29, 1.82) is 0 Å². The second-order valence-corrected chi connectivity index (χ2v) is 7.04. The fourth-order valence-electron chi connectivity index (χ4n) is 2.60. The molecule has 6 nitrogen and oxygen atoms in total. The zero-order valence-electron chi connectivity index (χ0n) is 13.9. The third-order valence-corrected chi connectivity index (χ3v) is 4.81. The molecule has 1 aliphatic rings. The number of hydrogen-bond donors (Lipinski definition) is 1. The highest BCUT2D eigenvalue weighted by molar-refractivity contribution is 9.10. The average molecular weight is 413 g/mol. The lowest BCUT2D eigenvalue weighted by Gasteiger charge is -2.12. The summed E-state index contributed by atoms with van der Waals surface area (Å²) >= 11 is 3.44. The maximum atomic E-state index is 12.8. The van der Waals surface area contributed by atoms with Crippen molar-refractivity contribution in [2.45, 2.75) is 19.4 Å². The van der Waals surface area contributed by atoms with Crippen LogP contribution in [0, 0.1) is 5.92 Å². The largest absolute Gasteiger partial charge is 0.437 e. The fraction of sp³-hybridized carbons (Fsp3) is 0.211. The van der Waals surface area contributed by atoms with Crippen molar-refractivity contribution in [3.8, 4) is 11.6 Å². The van der Waals surface area contributed by atoms with Gasteiger partial charge in [-0.1, -0.05) is 12.1 Å². The van der Waals surface area contributed by atoms with Gasteiger partial charge in [-0.25, -0.2) is 9.97 Å². The van der Waals surface area contributed by atoms with E-state index < -0.39 is 0 Å². The monoisotopic (exact) mass is 412 g/mol. The number of pyridine rings is 1. The minimum Gasteiger partial charge on any atom is -0.437 e. The predicted octanol–water partition coefficient (Wildman–Crippen LogP) is 4.50. The van der Waals surface area contributed by atoms with Crippen LogP contribution in [0.5, 0.6) is 11.6 Å². The zero-order chi connectivity index (χ0) is 17.9. The van der Waals surface area contributed by atoms with Gasteiger partial charge in [-0.15, -0.1) is 0 Å². The molecule has 2 aromatic heterocycles. The summed E-state index contributed by atoms with van der Waals surface area (Å²) in [5.41, 5.74) is 0.351. The number of para-hydroxylation sites is 1. The lowest BCUT2D eigenvalue weighted by atomic mass is 10.2. The lowest BCUT2D eigenvalue weighted by Crippen LogP contribution is -2.17. The summed E-state index contributed by atoms with van der Waals surface area (Å²) in [6.07, 6.45) is 7.64. The molecular formula is C19H17BrN4O2. The molecule has 1 N–H and O–H groups in total. The molecule has 0 radical (unpaired) electrons. The molecular weight excluding hydrogens is 396 g/mol. The van der Waals surface area contributed by atoms with Gasteiger partial charge in [-0.2, -0.15) is 0 Å². The minimum atomic E-state index is -0.302. The van der Waals surface area contributed by atoms with Crippen LogP contribution in [0.3, 0.4) is 0 Å². The Balaban J connectivity index is 1.55. The van der Waals surface area contributed by atoms with E-state index in [0.29, 0.717) is 23.2 Å². The second-order valence-electron chi connectivity index (χ2n) is 6.19. The van der Waals surface area contributed by atoms with E-state index >= 15 is 0 Å². The van der Waals surface area contributed by atoms with Gasteiger partial charge in [0, 0.05) is 25.1 Å². The number of nitrogens with zero attached hydrogens (tertiary/aromatic N) is 3. The van der Waals surface area contributed by atoms with E-state index in [1.54, 1.807) is 24.5 Å². The molecule has 0 aliphatic heterocycles. The molecule has 0 saturated heterocycles. The van der Waals surface area contributed by atoms with E-state index in [1.165, 1.54) is 12.8 Å². The fourth-order valence-corrected chi connectivity index (χ4v) is 2.97. The molecule has 1 aliphatic carbocycles. The van der Waals surface area contributed by atoms with Gasteiger partial charge in [0.2, 0.25) is 11.8 Å². The van der Waals surface area contributed by atoms with Crippen LogP contribution in [-0.2, 0) is 6.54 Å². The highest BCUT2D eigenvalue weighted by Crippen LogP contribution is 2.32. The first-order valence-electron chi connectivity index (χ1n) is 8.40. The molecule has 7 heteroatoms. The van der Waals surface area contributed by atoms with Crippen molar-refractivity contribution >= 4 is 27.8 Å². The number of carbonyl (C=O) groups is 1. The van der Waals surface area contributed by atoms with Crippen LogP contribution in [0.4, 0.5) is 5.95 Å². The number of nitrogens with one attached hydrogen (secondary N) is 1. The van der Waals surface area contributed by atoms with Crippen LogP contribution < -0.4 is 10.1 Å². The van der Waals surface area contributed by atoms with Gasteiger partial charge in [0.05, 0.1) is 4.47 Å². The number of amides is 1. The molecule has 1 amide bonds. The van der Waals surface area contributed by atoms with Gasteiger partial charge in [-0.3, -0.25) is 10.1 Å². The van der Waals surface area contributed by atoms with E-state index in [9.17, 15) is 4.79 Å². The van der Waals surface area contributed by atoms with Crippen LogP contribution in [0.15, 0.2) is 59.5 Å². The maximum absolute atomic E-state index is 12.8. The van der Waals surface area contributed by atoms with E-state index in [1.807, 2.05) is 35.0 Å². The van der Waals surface area contributed by atoms with E-state index in [4.69, 9.17) is 4.74 Å². The topological polar surface area (TPSA) is 69.0 Å². The maximum Gasteiger partial charge on any atom is 0.263 e. The number of aromatic nitrogens is 3. The highest BCUT2D eigenvalue weighted by Gasteiger charge is 2.23. The Kier molecular flexibility index (Phi) is 4.71. The van der Waals surface area contributed by atoms with E-state index in [0.717, 1.165) is 11.0 Å². The molecule has 1 fully saturated rings. The Labute approximate surface area is 159 Å². The average Bonchev–Trinajstić information content (AvgIpc) is 3.36. The smallest absolute Gasteiger partial charge is 0.263 e. The molecule has 0 bridgehead atoms. The summed E-state index contributed by atoms with van der Waals surface area (Å²) in [5.74, 6) is 1.77. The van der Waals surface area contributed by atoms with Crippen molar-refractivity contribution in [1.82, 2.24) is 14.5 Å². The molecule has 0 spiro atoms. The Morgan fingerprint density at radius 1 is 1.19 bits per heavy atom. The Morgan fingerprint density at radius 2 is 2.04 bits per heavy atom. The number of ether oxygens (including phenoxy) is 1. The molecule has 0 atom stereocenters. The number of halogens is 1. The third-order valence-electron chi connectivity index (χ3n) is 4.15. The van der Waals surface area contributed by atoms with Gasteiger partial charge < -0.3 is 9.30 Å². The predicted molar refractivity (Wildman–Crippen MR) is 101 cm³/mol. The van der Waals surface area contributed by atoms with Crippen LogP contribution in [0.1, 0.15) is 23.2 Å². The highest BCUT2D eigenvalue weighted by atomic mass is 79.9. The number of hydrogen-bond acceptors (Lipinski definition) is 4. The van der Waals surface area contributed by atoms with Crippen molar-refractivity contribution < 1.29 is 9.53 Å². The normalized spacial score (nSPS) is 13.4. The standard InChI is InChI=1S/C19H17BrN4O2/c20-15-5-1-2-6-16(15)26-18-14(4-3-9-21-18)17(25)23-19-22-10-11-24(19)12-13-7-8-13/h1-6,9-11,13H,7-8,12H2,(H,22,23,25). The van der Waals surface area contributed by atoms with Crippen LogP contribution in [0.25, 0.3) is 0 Å². The molecule has 2 heterocycles. The van der Waals surface area contributed by atoms with Crippen molar-refractivity contribution in [2.75, 3.05) is 5.32 Å². The lowest BCUT2D eigenvalue weighted by molar-refractivity contribution is 0.102. The van der Waals surface area contributed by atoms with Crippen LogP contribution in [-0.4, -0.2) is 20.4 Å².